The van der Waals surface area contributed by atoms with Gasteiger partial charge < -0.3 is 4.74 Å². The standard InChI is InChI=1S/C20H17N3O5S/c24-16(21-22-18(26)13-6-2-1-3-7-13)12-28-19(27)20-11-10-17(25)23(20)14-8-4-5-9-15(14)29-20/h1-9H,10-12H2,(H,21,24)(H,22,26)/t20-/m1/s1. The lowest BCUT2D eigenvalue weighted by molar-refractivity contribution is -0.151. The molecule has 1 fully saturated rings. The van der Waals surface area contributed by atoms with Crippen molar-refractivity contribution < 1.29 is 23.9 Å². The van der Waals surface area contributed by atoms with E-state index in [9.17, 15) is 19.2 Å². The zero-order valence-electron chi connectivity index (χ0n) is 15.2. The van der Waals surface area contributed by atoms with Crippen LogP contribution >= 0.6 is 11.8 Å². The third-order valence-corrected chi connectivity index (χ3v) is 6.13. The molecule has 8 nitrogen and oxygen atoms in total. The highest BCUT2D eigenvalue weighted by Gasteiger charge is 2.58. The van der Waals surface area contributed by atoms with Crippen LogP contribution in [0.5, 0.6) is 0 Å². The zero-order valence-corrected chi connectivity index (χ0v) is 16.0. The summed E-state index contributed by atoms with van der Waals surface area (Å²) in [5, 5.41) is 0. The van der Waals surface area contributed by atoms with Gasteiger partial charge in [-0.2, -0.15) is 0 Å². The van der Waals surface area contributed by atoms with Crippen molar-refractivity contribution in [2.24, 2.45) is 0 Å². The predicted molar refractivity (Wildman–Crippen MR) is 105 cm³/mol. The summed E-state index contributed by atoms with van der Waals surface area (Å²) in [5.74, 6) is -1.98. The zero-order chi connectivity index (χ0) is 20.4. The molecule has 2 aromatic rings. The second-order valence-corrected chi connectivity index (χ2v) is 7.85. The van der Waals surface area contributed by atoms with Crippen LogP contribution in [-0.2, 0) is 19.1 Å². The topological polar surface area (TPSA) is 105 Å². The summed E-state index contributed by atoms with van der Waals surface area (Å²) in [7, 11) is 0. The van der Waals surface area contributed by atoms with E-state index in [2.05, 4.69) is 10.9 Å². The van der Waals surface area contributed by atoms with Gasteiger partial charge in [-0.3, -0.25) is 30.1 Å². The van der Waals surface area contributed by atoms with E-state index in [0.29, 0.717) is 17.7 Å². The smallest absolute Gasteiger partial charge is 0.344 e. The van der Waals surface area contributed by atoms with Crippen LogP contribution < -0.4 is 15.8 Å². The Labute approximate surface area is 170 Å². The van der Waals surface area contributed by atoms with Gasteiger partial charge in [-0.25, -0.2) is 4.79 Å². The molecule has 1 saturated heterocycles. The van der Waals surface area contributed by atoms with Gasteiger partial charge in [0.15, 0.2) is 11.5 Å². The quantitative estimate of drug-likeness (QED) is 0.585. The molecule has 0 unspecified atom stereocenters. The highest BCUT2D eigenvalue weighted by molar-refractivity contribution is 8.02. The van der Waals surface area contributed by atoms with E-state index in [1.807, 2.05) is 12.1 Å². The second kappa shape index (κ2) is 7.59. The molecule has 2 aliphatic heterocycles. The van der Waals surface area contributed by atoms with E-state index in [1.54, 1.807) is 42.5 Å². The van der Waals surface area contributed by atoms with Crippen LogP contribution in [0.4, 0.5) is 5.69 Å². The number of anilines is 1. The fourth-order valence-corrected chi connectivity index (χ4v) is 4.75. The van der Waals surface area contributed by atoms with Gasteiger partial charge in [-0.15, -0.1) is 0 Å². The maximum atomic E-state index is 12.8. The van der Waals surface area contributed by atoms with Crippen molar-refractivity contribution in [2.45, 2.75) is 22.6 Å². The lowest BCUT2D eigenvalue weighted by Gasteiger charge is -2.28. The highest BCUT2D eigenvalue weighted by Crippen LogP contribution is 2.56. The van der Waals surface area contributed by atoms with Gasteiger partial charge in [0.05, 0.1) is 5.69 Å². The van der Waals surface area contributed by atoms with E-state index < -0.39 is 29.3 Å². The van der Waals surface area contributed by atoms with Crippen LogP contribution in [-0.4, -0.2) is 35.2 Å². The number of carbonyl (C=O) groups excluding carboxylic acids is 4. The van der Waals surface area contributed by atoms with Gasteiger partial charge in [0.25, 0.3) is 11.8 Å². The fourth-order valence-electron chi connectivity index (χ4n) is 3.34. The molecule has 0 spiro atoms. The van der Waals surface area contributed by atoms with Crippen molar-refractivity contribution in [2.75, 3.05) is 11.5 Å². The summed E-state index contributed by atoms with van der Waals surface area (Å²) in [4.78, 5) is 50.2. The number of rotatable bonds is 4. The molecule has 0 aromatic heterocycles. The minimum atomic E-state index is -1.19. The number of hydrazine groups is 1. The molecule has 1 atom stereocenters. The van der Waals surface area contributed by atoms with E-state index in [0.717, 1.165) is 4.90 Å². The van der Waals surface area contributed by atoms with E-state index in [1.165, 1.54) is 16.7 Å². The predicted octanol–water partition coefficient (Wildman–Crippen LogP) is 1.62. The maximum Gasteiger partial charge on any atom is 0.344 e. The Morgan fingerprint density at radius 2 is 1.76 bits per heavy atom. The Morgan fingerprint density at radius 3 is 2.55 bits per heavy atom. The molecule has 2 aliphatic rings. The minimum absolute atomic E-state index is 0.154. The van der Waals surface area contributed by atoms with Gasteiger partial charge in [0.1, 0.15) is 0 Å². The van der Waals surface area contributed by atoms with Crippen LogP contribution in [0.1, 0.15) is 23.2 Å². The fraction of sp³-hybridized carbons (Fsp3) is 0.200. The SMILES string of the molecule is O=C(COC(=O)[C@]12CCC(=O)N1c1ccccc1S2)NNC(=O)c1ccccc1. The number of esters is 1. The molecule has 2 heterocycles. The molecule has 4 rings (SSSR count). The Hall–Kier alpha value is -3.33. The molecule has 0 aliphatic carbocycles. The summed E-state index contributed by atoms with van der Waals surface area (Å²) in [6, 6.07) is 15.6. The summed E-state index contributed by atoms with van der Waals surface area (Å²) in [6.07, 6.45) is 0.534. The molecule has 2 N–H and O–H groups in total. The van der Waals surface area contributed by atoms with Crippen molar-refractivity contribution >= 4 is 41.1 Å². The average molecular weight is 411 g/mol. The van der Waals surface area contributed by atoms with E-state index >= 15 is 0 Å². The summed E-state index contributed by atoms with van der Waals surface area (Å²) >= 11 is 1.26. The van der Waals surface area contributed by atoms with Crippen molar-refractivity contribution in [3.05, 3.63) is 60.2 Å². The Morgan fingerprint density at radius 1 is 1.03 bits per heavy atom. The van der Waals surface area contributed by atoms with Gasteiger partial charge in [0.2, 0.25) is 5.91 Å². The number of amides is 3. The maximum absolute atomic E-state index is 12.8. The molecule has 3 amide bonds. The van der Waals surface area contributed by atoms with Gasteiger partial charge >= 0.3 is 5.97 Å². The summed E-state index contributed by atoms with van der Waals surface area (Å²) in [6.45, 7) is -0.575. The average Bonchev–Trinajstić information content (AvgIpc) is 3.26. The molecular formula is C20H17N3O5S. The number of nitrogens with zero attached hydrogens (tertiary/aromatic N) is 1. The first kappa shape index (κ1) is 19.0. The molecule has 0 saturated carbocycles. The molecule has 29 heavy (non-hydrogen) atoms. The van der Waals surface area contributed by atoms with Gasteiger partial charge in [-0.05, 0) is 24.3 Å². The summed E-state index contributed by atoms with van der Waals surface area (Å²) < 4.78 is 5.19. The van der Waals surface area contributed by atoms with Crippen LogP contribution in [0.3, 0.4) is 0 Å². The number of carbonyl (C=O) groups is 4. The minimum Gasteiger partial charge on any atom is -0.453 e. The number of thioether (sulfide) groups is 1. The third kappa shape index (κ3) is 3.44. The van der Waals surface area contributed by atoms with Crippen molar-refractivity contribution in [1.29, 1.82) is 0 Å². The molecule has 9 heteroatoms. The molecule has 2 aromatic carbocycles. The van der Waals surface area contributed by atoms with Crippen molar-refractivity contribution in [1.82, 2.24) is 10.9 Å². The monoisotopic (exact) mass is 411 g/mol. The van der Waals surface area contributed by atoms with Crippen LogP contribution in [0, 0.1) is 0 Å². The first-order valence-corrected chi connectivity index (χ1v) is 9.75. The van der Waals surface area contributed by atoms with Crippen LogP contribution in [0.25, 0.3) is 0 Å². The molecule has 148 valence electrons. The number of ether oxygens (including phenoxy) is 1. The van der Waals surface area contributed by atoms with Crippen molar-refractivity contribution in [3.63, 3.8) is 0 Å². The number of hydrogen-bond donors (Lipinski definition) is 2. The Bertz CT molecular complexity index is 997. The Balaban J connectivity index is 1.36. The van der Waals surface area contributed by atoms with E-state index in [4.69, 9.17) is 4.74 Å². The first-order chi connectivity index (χ1) is 14.0. The lowest BCUT2D eigenvalue weighted by atomic mass is 10.2. The van der Waals surface area contributed by atoms with Gasteiger partial charge in [0, 0.05) is 23.3 Å². The number of para-hydroxylation sites is 1. The number of fused-ring (bicyclic) bond motifs is 3. The van der Waals surface area contributed by atoms with Crippen LogP contribution in [0.2, 0.25) is 0 Å². The number of benzene rings is 2. The number of nitrogens with one attached hydrogen (secondary N) is 2. The molecule has 0 radical (unpaired) electrons. The highest BCUT2D eigenvalue weighted by atomic mass is 32.2. The first-order valence-electron chi connectivity index (χ1n) is 8.94. The van der Waals surface area contributed by atoms with Crippen molar-refractivity contribution in [3.8, 4) is 0 Å². The normalized spacial score (nSPS) is 19.3. The van der Waals surface area contributed by atoms with E-state index in [-0.39, 0.29) is 12.3 Å². The molecule has 0 bridgehead atoms. The lowest BCUT2D eigenvalue weighted by Crippen LogP contribution is -2.49. The number of hydrogen-bond acceptors (Lipinski definition) is 6. The Kier molecular flexibility index (Phi) is 4.98. The molecular weight excluding hydrogens is 394 g/mol. The second-order valence-electron chi connectivity index (χ2n) is 6.53. The largest absolute Gasteiger partial charge is 0.453 e. The van der Waals surface area contributed by atoms with Gasteiger partial charge in [-0.1, -0.05) is 42.1 Å². The van der Waals surface area contributed by atoms with Crippen LogP contribution in [0.15, 0.2) is 59.5 Å². The summed E-state index contributed by atoms with van der Waals surface area (Å²) in [5.41, 5.74) is 5.52. The third-order valence-electron chi connectivity index (χ3n) is 4.68.